The van der Waals surface area contributed by atoms with E-state index >= 15 is 0 Å². The molecule has 5 heteroatoms. The van der Waals surface area contributed by atoms with Gasteiger partial charge in [0, 0.05) is 24.2 Å². The Hall–Kier alpha value is -1.65. The Kier molecular flexibility index (Phi) is 2.28. The summed E-state index contributed by atoms with van der Waals surface area (Å²) in [6, 6.07) is 0. The molecule has 1 saturated heterocycles. The molecule has 2 aromatic rings. The van der Waals surface area contributed by atoms with Gasteiger partial charge in [-0.3, -0.25) is 0 Å². The second kappa shape index (κ2) is 3.68. The third-order valence-corrected chi connectivity index (χ3v) is 3.63. The van der Waals surface area contributed by atoms with Crippen molar-refractivity contribution in [2.45, 2.75) is 33.6 Å². The number of aromatic nitrogens is 4. The summed E-state index contributed by atoms with van der Waals surface area (Å²) in [6.07, 6.45) is 2.53. The van der Waals surface area contributed by atoms with Gasteiger partial charge in [0.15, 0.2) is 17.3 Å². The third kappa shape index (κ3) is 1.49. The zero-order valence-electron chi connectivity index (χ0n) is 10.6. The molecular formula is C12H17N5. The molecule has 0 amide bonds. The summed E-state index contributed by atoms with van der Waals surface area (Å²) in [5.41, 5.74) is 3.29. The smallest absolute Gasteiger partial charge is 0.181 e. The minimum Gasteiger partial charge on any atom is -0.355 e. The summed E-state index contributed by atoms with van der Waals surface area (Å²) in [7, 11) is 0. The van der Waals surface area contributed by atoms with Gasteiger partial charge in [0.25, 0.3) is 0 Å². The molecule has 1 aliphatic heterocycles. The molecule has 0 spiro atoms. The van der Waals surface area contributed by atoms with Gasteiger partial charge in [-0.1, -0.05) is 0 Å². The minimum absolute atomic E-state index is 0.851. The van der Waals surface area contributed by atoms with Crippen molar-refractivity contribution in [3.05, 3.63) is 17.0 Å². The van der Waals surface area contributed by atoms with Gasteiger partial charge in [-0.15, -0.1) is 15.3 Å². The Morgan fingerprint density at radius 3 is 2.35 bits per heavy atom. The van der Waals surface area contributed by atoms with Crippen molar-refractivity contribution >= 4 is 11.5 Å². The quantitative estimate of drug-likeness (QED) is 0.748. The van der Waals surface area contributed by atoms with Gasteiger partial charge in [-0.05, 0) is 33.6 Å². The van der Waals surface area contributed by atoms with Crippen LogP contribution >= 0.6 is 0 Å². The van der Waals surface area contributed by atoms with Crippen molar-refractivity contribution in [2.75, 3.05) is 18.0 Å². The second-order valence-electron chi connectivity index (χ2n) is 4.75. The van der Waals surface area contributed by atoms with Crippen LogP contribution in [0.15, 0.2) is 0 Å². The predicted octanol–water partition coefficient (Wildman–Crippen LogP) is 1.65. The lowest BCUT2D eigenvalue weighted by Gasteiger charge is -2.19. The second-order valence-corrected chi connectivity index (χ2v) is 4.75. The molecule has 5 nitrogen and oxygen atoms in total. The SMILES string of the molecule is Cc1c(N2CCCC2)nn2c(C)nnc2c1C. The van der Waals surface area contributed by atoms with E-state index in [-0.39, 0.29) is 0 Å². The number of anilines is 1. The standard InChI is InChI=1S/C12H17N5/c1-8-9(2)12(16-6-4-5-7-16)15-17-10(3)13-14-11(8)17/h4-7H2,1-3H3. The largest absolute Gasteiger partial charge is 0.355 e. The van der Waals surface area contributed by atoms with E-state index in [1.165, 1.54) is 24.0 Å². The van der Waals surface area contributed by atoms with E-state index in [0.717, 1.165) is 30.4 Å². The lowest BCUT2D eigenvalue weighted by Crippen LogP contribution is -2.22. The summed E-state index contributed by atoms with van der Waals surface area (Å²) < 4.78 is 1.86. The summed E-state index contributed by atoms with van der Waals surface area (Å²) in [5, 5.41) is 13.0. The molecule has 0 aromatic carbocycles. The normalized spacial score (nSPS) is 16.1. The summed E-state index contributed by atoms with van der Waals surface area (Å²) in [4.78, 5) is 2.36. The Balaban J connectivity index is 2.23. The molecule has 1 fully saturated rings. The molecule has 3 heterocycles. The van der Waals surface area contributed by atoms with E-state index in [9.17, 15) is 0 Å². The topological polar surface area (TPSA) is 46.3 Å². The van der Waals surface area contributed by atoms with Crippen LogP contribution in [0.3, 0.4) is 0 Å². The van der Waals surface area contributed by atoms with Crippen molar-refractivity contribution in [3.63, 3.8) is 0 Å². The van der Waals surface area contributed by atoms with Gasteiger partial charge in [0.1, 0.15) is 0 Å². The van der Waals surface area contributed by atoms with Crippen LogP contribution in [-0.2, 0) is 0 Å². The number of rotatable bonds is 1. The van der Waals surface area contributed by atoms with E-state index in [4.69, 9.17) is 5.10 Å². The van der Waals surface area contributed by atoms with Gasteiger partial charge < -0.3 is 4.90 Å². The average molecular weight is 231 g/mol. The van der Waals surface area contributed by atoms with Crippen LogP contribution in [0.5, 0.6) is 0 Å². The van der Waals surface area contributed by atoms with Gasteiger partial charge in [-0.2, -0.15) is 4.52 Å². The maximum absolute atomic E-state index is 4.69. The molecule has 0 atom stereocenters. The van der Waals surface area contributed by atoms with Crippen molar-refractivity contribution in [2.24, 2.45) is 0 Å². The fourth-order valence-electron chi connectivity index (χ4n) is 2.45. The Morgan fingerprint density at radius 2 is 1.65 bits per heavy atom. The zero-order chi connectivity index (χ0) is 12.0. The fourth-order valence-corrected chi connectivity index (χ4v) is 2.45. The van der Waals surface area contributed by atoms with Crippen LogP contribution in [-0.4, -0.2) is 32.9 Å². The molecule has 1 aliphatic rings. The fraction of sp³-hybridized carbons (Fsp3) is 0.583. The molecule has 2 aromatic heterocycles. The molecule has 0 radical (unpaired) electrons. The first-order chi connectivity index (χ1) is 8.18. The molecule has 0 aliphatic carbocycles. The first kappa shape index (κ1) is 10.5. The summed E-state index contributed by atoms with van der Waals surface area (Å²) >= 11 is 0. The maximum atomic E-state index is 4.69. The van der Waals surface area contributed by atoms with Crippen molar-refractivity contribution in [3.8, 4) is 0 Å². The van der Waals surface area contributed by atoms with Gasteiger partial charge in [0.2, 0.25) is 0 Å². The van der Waals surface area contributed by atoms with Crippen molar-refractivity contribution in [1.82, 2.24) is 19.8 Å². The number of fused-ring (bicyclic) bond motifs is 1. The molecule has 3 rings (SSSR count). The molecule has 0 N–H and O–H groups in total. The lowest BCUT2D eigenvalue weighted by molar-refractivity contribution is 0.820. The van der Waals surface area contributed by atoms with Gasteiger partial charge in [0.05, 0.1) is 0 Å². The van der Waals surface area contributed by atoms with Crippen LogP contribution in [0.25, 0.3) is 5.65 Å². The van der Waals surface area contributed by atoms with Crippen LogP contribution < -0.4 is 4.90 Å². The van der Waals surface area contributed by atoms with Crippen molar-refractivity contribution < 1.29 is 0 Å². The molecule has 0 bridgehead atoms. The Morgan fingerprint density at radius 1 is 0.941 bits per heavy atom. The molecule has 90 valence electrons. The Labute approximate surface area is 100 Å². The van der Waals surface area contributed by atoms with E-state index in [1.807, 2.05) is 11.4 Å². The van der Waals surface area contributed by atoms with Crippen LogP contribution in [0.1, 0.15) is 29.8 Å². The highest BCUT2D eigenvalue weighted by Crippen LogP contribution is 2.25. The first-order valence-electron chi connectivity index (χ1n) is 6.12. The Bertz CT molecular complexity index is 566. The van der Waals surface area contributed by atoms with E-state index in [0.29, 0.717) is 0 Å². The van der Waals surface area contributed by atoms with Crippen LogP contribution in [0.4, 0.5) is 5.82 Å². The average Bonchev–Trinajstić information content (AvgIpc) is 2.94. The molecule has 0 saturated carbocycles. The number of hydrogen-bond donors (Lipinski definition) is 0. The van der Waals surface area contributed by atoms with Crippen LogP contribution in [0, 0.1) is 20.8 Å². The van der Waals surface area contributed by atoms with Gasteiger partial charge >= 0.3 is 0 Å². The van der Waals surface area contributed by atoms with E-state index in [2.05, 4.69) is 28.9 Å². The highest BCUT2D eigenvalue weighted by atomic mass is 15.4. The van der Waals surface area contributed by atoms with E-state index < -0.39 is 0 Å². The first-order valence-corrected chi connectivity index (χ1v) is 6.12. The van der Waals surface area contributed by atoms with Crippen LogP contribution in [0.2, 0.25) is 0 Å². The lowest BCUT2D eigenvalue weighted by atomic mass is 10.2. The number of aryl methyl sites for hydroxylation is 2. The van der Waals surface area contributed by atoms with E-state index in [1.54, 1.807) is 0 Å². The highest BCUT2D eigenvalue weighted by molar-refractivity contribution is 5.59. The minimum atomic E-state index is 0.851. The molecular weight excluding hydrogens is 214 g/mol. The monoisotopic (exact) mass is 231 g/mol. The third-order valence-electron chi connectivity index (χ3n) is 3.63. The summed E-state index contributed by atoms with van der Waals surface area (Å²) in [6.45, 7) is 8.38. The zero-order valence-corrected chi connectivity index (χ0v) is 10.6. The molecule has 17 heavy (non-hydrogen) atoms. The van der Waals surface area contributed by atoms with Gasteiger partial charge in [-0.25, -0.2) is 0 Å². The number of hydrogen-bond acceptors (Lipinski definition) is 4. The molecule has 0 unspecified atom stereocenters. The highest BCUT2D eigenvalue weighted by Gasteiger charge is 2.19. The van der Waals surface area contributed by atoms with Crippen molar-refractivity contribution in [1.29, 1.82) is 0 Å². The predicted molar refractivity (Wildman–Crippen MR) is 66.4 cm³/mol. The summed E-state index contributed by atoms with van der Waals surface area (Å²) in [5.74, 6) is 1.94. The number of nitrogens with zero attached hydrogens (tertiary/aromatic N) is 5. The maximum Gasteiger partial charge on any atom is 0.181 e.